The first kappa shape index (κ1) is 19.1. The number of nitrogens with two attached hydrogens (primary N) is 1. The Balaban J connectivity index is 1.69. The molecular formula is C19H24F2N4O2. The topological polar surface area (TPSA) is 73.4 Å². The van der Waals surface area contributed by atoms with Crippen LogP contribution < -0.4 is 5.73 Å². The molecule has 1 amide bonds. The molecule has 27 heavy (non-hydrogen) atoms. The second kappa shape index (κ2) is 7.17. The van der Waals surface area contributed by atoms with Crippen LogP contribution in [0.15, 0.2) is 24.5 Å². The van der Waals surface area contributed by atoms with Crippen molar-refractivity contribution < 1.29 is 18.3 Å². The highest BCUT2D eigenvalue weighted by Crippen LogP contribution is 2.31. The normalized spacial score (nSPS) is 15.8. The molecular weight excluding hydrogens is 354 g/mol. The van der Waals surface area contributed by atoms with E-state index in [1.807, 2.05) is 20.8 Å². The van der Waals surface area contributed by atoms with E-state index in [0.29, 0.717) is 31.5 Å². The Kier molecular flexibility index (Phi) is 5.08. The number of amides is 1. The van der Waals surface area contributed by atoms with Gasteiger partial charge in [-0.05, 0) is 45.7 Å². The maximum atomic E-state index is 14.2. The molecule has 0 spiro atoms. The fourth-order valence-electron chi connectivity index (χ4n) is 3.14. The Labute approximate surface area is 156 Å². The molecule has 0 atom stereocenters. The summed E-state index contributed by atoms with van der Waals surface area (Å²) in [4.78, 5) is 13.8. The number of hydrogen-bond acceptors (Lipinski definition) is 4. The SMILES string of the molecule is CC(C)(C)OC(=O)N1CCC(n2cc(-c3c(F)ccc(N)c3F)cn2)CC1. The molecule has 6 nitrogen and oxygen atoms in total. The van der Waals surface area contributed by atoms with Crippen LogP contribution in [0, 0.1) is 11.6 Å². The van der Waals surface area contributed by atoms with Crippen molar-refractivity contribution in [1.82, 2.24) is 14.7 Å². The maximum Gasteiger partial charge on any atom is 0.410 e. The van der Waals surface area contributed by atoms with Gasteiger partial charge >= 0.3 is 6.09 Å². The van der Waals surface area contributed by atoms with Crippen molar-refractivity contribution in [3.63, 3.8) is 0 Å². The number of carbonyl (C=O) groups is 1. The van der Waals surface area contributed by atoms with Gasteiger partial charge in [0.15, 0.2) is 5.82 Å². The van der Waals surface area contributed by atoms with E-state index in [1.165, 1.54) is 12.3 Å². The summed E-state index contributed by atoms with van der Waals surface area (Å²) in [5.41, 5.74) is 5.07. The van der Waals surface area contributed by atoms with Crippen molar-refractivity contribution in [3.8, 4) is 11.1 Å². The lowest BCUT2D eigenvalue weighted by Gasteiger charge is -2.33. The molecule has 1 aromatic heterocycles. The van der Waals surface area contributed by atoms with Crippen LogP contribution in [0.4, 0.5) is 19.3 Å². The van der Waals surface area contributed by atoms with Crippen LogP contribution in [0.2, 0.25) is 0 Å². The summed E-state index contributed by atoms with van der Waals surface area (Å²) < 4.78 is 35.4. The Hall–Kier alpha value is -2.64. The number of ether oxygens (including phenoxy) is 1. The average Bonchev–Trinajstić information content (AvgIpc) is 3.07. The Morgan fingerprint density at radius 2 is 1.93 bits per heavy atom. The van der Waals surface area contributed by atoms with Gasteiger partial charge in [0.1, 0.15) is 11.4 Å². The third-order valence-corrected chi connectivity index (χ3v) is 4.50. The quantitative estimate of drug-likeness (QED) is 0.802. The minimum Gasteiger partial charge on any atom is -0.444 e. The third-order valence-electron chi connectivity index (χ3n) is 4.50. The molecule has 1 aliphatic heterocycles. The lowest BCUT2D eigenvalue weighted by molar-refractivity contribution is 0.0185. The second-order valence-corrected chi connectivity index (χ2v) is 7.73. The van der Waals surface area contributed by atoms with Crippen LogP contribution in [0.5, 0.6) is 0 Å². The number of hydrogen-bond donors (Lipinski definition) is 1. The van der Waals surface area contributed by atoms with Gasteiger partial charge < -0.3 is 15.4 Å². The maximum absolute atomic E-state index is 14.2. The van der Waals surface area contributed by atoms with Gasteiger partial charge in [0.2, 0.25) is 0 Å². The van der Waals surface area contributed by atoms with E-state index in [0.717, 1.165) is 6.07 Å². The van der Waals surface area contributed by atoms with Gasteiger partial charge in [0.05, 0.1) is 23.5 Å². The lowest BCUT2D eigenvalue weighted by atomic mass is 10.0. The van der Waals surface area contributed by atoms with Crippen LogP contribution >= 0.6 is 0 Å². The molecule has 8 heteroatoms. The zero-order valence-electron chi connectivity index (χ0n) is 15.7. The van der Waals surface area contributed by atoms with Crippen molar-refractivity contribution in [2.45, 2.75) is 45.3 Å². The highest BCUT2D eigenvalue weighted by Gasteiger charge is 2.28. The van der Waals surface area contributed by atoms with E-state index in [4.69, 9.17) is 10.5 Å². The number of anilines is 1. The number of carbonyl (C=O) groups excluding carboxylic acids is 1. The first-order valence-electron chi connectivity index (χ1n) is 8.91. The minimum atomic E-state index is -0.783. The number of nitrogen functional groups attached to an aromatic ring is 1. The molecule has 2 heterocycles. The molecule has 1 aromatic carbocycles. The molecule has 0 saturated carbocycles. The number of piperidine rings is 1. The Morgan fingerprint density at radius 3 is 2.56 bits per heavy atom. The van der Waals surface area contributed by atoms with E-state index in [9.17, 15) is 13.6 Å². The van der Waals surface area contributed by atoms with Gasteiger partial charge in [-0.1, -0.05) is 0 Å². The molecule has 0 unspecified atom stereocenters. The van der Waals surface area contributed by atoms with Gasteiger partial charge in [-0.15, -0.1) is 0 Å². The number of benzene rings is 1. The zero-order chi connectivity index (χ0) is 19.8. The summed E-state index contributed by atoms with van der Waals surface area (Å²) in [6.07, 6.45) is 4.09. The highest BCUT2D eigenvalue weighted by atomic mass is 19.1. The highest BCUT2D eigenvalue weighted by molar-refractivity contribution is 5.69. The van der Waals surface area contributed by atoms with Crippen LogP contribution in [0.1, 0.15) is 39.7 Å². The molecule has 2 aromatic rings. The molecule has 0 bridgehead atoms. The summed E-state index contributed by atoms with van der Waals surface area (Å²) in [6.45, 7) is 6.57. The first-order valence-corrected chi connectivity index (χ1v) is 8.91. The smallest absolute Gasteiger partial charge is 0.410 e. The van der Waals surface area contributed by atoms with Crippen molar-refractivity contribution in [2.24, 2.45) is 0 Å². The molecule has 3 rings (SSSR count). The van der Waals surface area contributed by atoms with E-state index >= 15 is 0 Å². The number of aromatic nitrogens is 2. The fraction of sp³-hybridized carbons (Fsp3) is 0.474. The van der Waals surface area contributed by atoms with Gasteiger partial charge in [0.25, 0.3) is 0 Å². The average molecular weight is 378 g/mol. The summed E-state index contributed by atoms with van der Waals surface area (Å²) >= 11 is 0. The molecule has 1 aliphatic rings. The van der Waals surface area contributed by atoms with Crippen LogP contribution in [-0.2, 0) is 4.74 Å². The van der Waals surface area contributed by atoms with Crippen LogP contribution in [0.3, 0.4) is 0 Å². The number of halogens is 2. The Bertz CT molecular complexity index is 837. The molecule has 0 aliphatic carbocycles. The van der Waals surface area contributed by atoms with Crippen LogP contribution in [0.25, 0.3) is 11.1 Å². The van der Waals surface area contributed by atoms with Crippen molar-refractivity contribution in [2.75, 3.05) is 18.8 Å². The minimum absolute atomic E-state index is 0.0459. The lowest BCUT2D eigenvalue weighted by Crippen LogP contribution is -2.42. The molecule has 1 fully saturated rings. The standard InChI is InChI=1S/C19H24F2N4O2/c1-19(2,3)27-18(26)24-8-6-13(7-9-24)25-11-12(10-23-25)16-14(20)4-5-15(22)17(16)21/h4-5,10-11,13H,6-9,22H2,1-3H3. The number of rotatable bonds is 2. The number of likely N-dealkylation sites (tertiary alicyclic amines) is 1. The van der Waals surface area contributed by atoms with Gasteiger partial charge in [0, 0.05) is 24.8 Å². The summed E-state index contributed by atoms with van der Waals surface area (Å²) in [7, 11) is 0. The van der Waals surface area contributed by atoms with E-state index in [2.05, 4.69) is 5.10 Å². The summed E-state index contributed by atoms with van der Waals surface area (Å²) in [5.74, 6) is -1.46. The molecule has 2 N–H and O–H groups in total. The summed E-state index contributed by atoms with van der Waals surface area (Å²) in [6, 6.07) is 2.39. The van der Waals surface area contributed by atoms with Crippen molar-refractivity contribution in [3.05, 3.63) is 36.2 Å². The van der Waals surface area contributed by atoms with E-state index in [1.54, 1.807) is 15.8 Å². The fourth-order valence-corrected chi connectivity index (χ4v) is 3.14. The third kappa shape index (κ3) is 4.20. The second-order valence-electron chi connectivity index (χ2n) is 7.73. The van der Waals surface area contributed by atoms with Crippen LogP contribution in [-0.4, -0.2) is 39.5 Å². The molecule has 146 valence electrons. The van der Waals surface area contributed by atoms with E-state index in [-0.39, 0.29) is 23.4 Å². The molecule has 0 radical (unpaired) electrons. The van der Waals surface area contributed by atoms with Gasteiger partial charge in [-0.25, -0.2) is 13.6 Å². The van der Waals surface area contributed by atoms with Crippen molar-refractivity contribution in [1.29, 1.82) is 0 Å². The van der Waals surface area contributed by atoms with Gasteiger partial charge in [-0.3, -0.25) is 4.68 Å². The summed E-state index contributed by atoms with van der Waals surface area (Å²) in [5, 5.41) is 4.27. The number of nitrogens with zero attached hydrogens (tertiary/aromatic N) is 3. The van der Waals surface area contributed by atoms with Gasteiger partial charge in [-0.2, -0.15) is 5.10 Å². The zero-order valence-corrected chi connectivity index (χ0v) is 15.7. The molecule has 1 saturated heterocycles. The van der Waals surface area contributed by atoms with E-state index < -0.39 is 17.2 Å². The predicted molar refractivity (Wildman–Crippen MR) is 98.1 cm³/mol. The first-order chi connectivity index (χ1) is 12.7. The predicted octanol–water partition coefficient (Wildman–Crippen LogP) is 3.98. The monoisotopic (exact) mass is 378 g/mol. The van der Waals surface area contributed by atoms with Crippen molar-refractivity contribution >= 4 is 11.8 Å². The largest absolute Gasteiger partial charge is 0.444 e. The Morgan fingerprint density at radius 1 is 1.26 bits per heavy atom.